The van der Waals surface area contributed by atoms with Crippen LogP contribution in [0.5, 0.6) is 5.75 Å². The third-order valence-corrected chi connectivity index (χ3v) is 9.74. The smallest absolute Gasteiger partial charge is 0.321 e. The second kappa shape index (κ2) is 14.4. The molecule has 2 aromatic carbocycles. The summed E-state index contributed by atoms with van der Waals surface area (Å²) in [6.07, 6.45) is 3.47. The molecule has 248 valence electrons. The van der Waals surface area contributed by atoms with E-state index in [4.69, 9.17) is 9.47 Å². The van der Waals surface area contributed by atoms with Crippen molar-refractivity contribution in [2.45, 2.75) is 63.4 Å². The van der Waals surface area contributed by atoms with Crippen molar-refractivity contribution in [2.75, 3.05) is 58.2 Å². The minimum atomic E-state index is -1.29. The largest absolute Gasteiger partial charge is 0.490 e. The highest BCUT2D eigenvalue weighted by atomic mass is 19.1. The van der Waals surface area contributed by atoms with Crippen molar-refractivity contribution in [3.05, 3.63) is 59.9 Å². The number of nitrogens with zero attached hydrogens (tertiary/aromatic N) is 3. The molecule has 4 aliphatic rings. The van der Waals surface area contributed by atoms with Gasteiger partial charge in [-0.25, -0.2) is 9.18 Å². The number of piperidine rings is 2. The number of benzene rings is 2. The van der Waals surface area contributed by atoms with Crippen molar-refractivity contribution in [3.63, 3.8) is 0 Å². The maximum absolute atomic E-state index is 15.1. The molecule has 3 saturated heterocycles. The highest BCUT2D eigenvalue weighted by Crippen LogP contribution is 2.48. The van der Waals surface area contributed by atoms with Gasteiger partial charge in [0.05, 0.1) is 11.9 Å². The second-order valence-corrected chi connectivity index (χ2v) is 13.0. The SMILES string of the molecule is CN1CCN(C2CCN(C(=O)NC3CC(Oc4ccc(NC(=O)C5(C(=O)OCc6ccccc6)CC5)c(F)c4)CCN3)CC2)CC1. The molecular weight excluding hydrogens is 591 g/mol. The molecule has 46 heavy (non-hydrogen) atoms. The van der Waals surface area contributed by atoms with Crippen molar-refractivity contribution in [3.8, 4) is 5.75 Å². The van der Waals surface area contributed by atoms with E-state index in [1.165, 1.54) is 12.1 Å². The van der Waals surface area contributed by atoms with Gasteiger partial charge in [0.2, 0.25) is 5.91 Å². The molecule has 3 heterocycles. The Morgan fingerprint density at radius 2 is 1.72 bits per heavy atom. The molecule has 11 nitrogen and oxygen atoms in total. The van der Waals surface area contributed by atoms with Gasteiger partial charge < -0.3 is 29.9 Å². The number of piperazine rings is 1. The summed E-state index contributed by atoms with van der Waals surface area (Å²) in [6.45, 7) is 6.59. The number of hydrogen-bond donors (Lipinski definition) is 3. The molecule has 0 radical (unpaired) electrons. The molecular formula is C34H45FN6O5. The van der Waals surface area contributed by atoms with Gasteiger partial charge in [-0.2, -0.15) is 0 Å². The van der Waals surface area contributed by atoms with Gasteiger partial charge in [0.15, 0.2) is 0 Å². The first-order valence-electron chi connectivity index (χ1n) is 16.5. The van der Waals surface area contributed by atoms with Crippen LogP contribution in [0.1, 0.15) is 44.1 Å². The van der Waals surface area contributed by atoms with E-state index in [1.54, 1.807) is 6.07 Å². The number of rotatable bonds is 9. The van der Waals surface area contributed by atoms with Gasteiger partial charge in [-0.15, -0.1) is 0 Å². The predicted octanol–water partition coefficient (Wildman–Crippen LogP) is 3.17. The average molecular weight is 637 g/mol. The summed E-state index contributed by atoms with van der Waals surface area (Å²) < 4.78 is 26.6. The van der Waals surface area contributed by atoms with E-state index in [0.717, 1.165) is 57.7 Å². The van der Waals surface area contributed by atoms with Gasteiger partial charge in [-0.3, -0.25) is 19.8 Å². The fourth-order valence-corrected chi connectivity index (χ4v) is 6.58. The third-order valence-electron chi connectivity index (χ3n) is 9.74. The quantitative estimate of drug-likeness (QED) is 0.284. The lowest BCUT2D eigenvalue weighted by atomic mass is 10.0. The average Bonchev–Trinajstić information content (AvgIpc) is 3.89. The highest BCUT2D eigenvalue weighted by Gasteiger charge is 2.58. The van der Waals surface area contributed by atoms with Gasteiger partial charge >= 0.3 is 12.0 Å². The number of likely N-dealkylation sites (tertiary alicyclic amines) is 1. The first-order valence-corrected chi connectivity index (χ1v) is 16.5. The summed E-state index contributed by atoms with van der Waals surface area (Å²) >= 11 is 0. The number of esters is 1. The van der Waals surface area contributed by atoms with Crippen LogP contribution in [0.4, 0.5) is 14.9 Å². The van der Waals surface area contributed by atoms with E-state index in [9.17, 15) is 14.4 Å². The first kappa shape index (κ1) is 32.2. The number of hydrogen-bond acceptors (Lipinski definition) is 8. The van der Waals surface area contributed by atoms with Crippen molar-refractivity contribution >= 4 is 23.6 Å². The topological polar surface area (TPSA) is 115 Å². The molecule has 2 atom stereocenters. The minimum Gasteiger partial charge on any atom is -0.490 e. The first-order chi connectivity index (χ1) is 22.3. The minimum absolute atomic E-state index is 0.0219. The lowest BCUT2D eigenvalue weighted by Crippen LogP contribution is -2.58. The number of likely N-dealkylation sites (N-methyl/N-ethyl adjacent to an activating group) is 1. The van der Waals surface area contributed by atoms with E-state index in [2.05, 4.69) is 32.8 Å². The van der Waals surface area contributed by atoms with Crippen LogP contribution < -0.4 is 20.7 Å². The van der Waals surface area contributed by atoms with E-state index < -0.39 is 23.1 Å². The zero-order valence-electron chi connectivity index (χ0n) is 26.5. The Kier molecular flexibility index (Phi) is 10.1. The Labute approximate surface area is 269 Å². The van der Waals surface area contributed by atoms with Crippen LogP contribution >= 0.6 is 0 Å². The van der Waals surface area contributed by atoms with E-state index in [1.807, 2.05) is 35.2 Å². The molecule has 6 rings (SSSR count). The Balaban J connectivity index is 0.949. The molecule has 3 amide bonds. The lowest BCUT2D eigenvalue weighted by molar-refractivity contribution is -0.154. The van der Waals surface area contributed by atoms with Crippen LogP contribution in [-0.4, -0.2) is 104 Å². The Hall–Kier alpha value is -3.74. The number of anilines is 1. The zero-order valence-corrected chi connectivity index (χ0v) is 26.5. The molecule has 3 aliphatic heterocycles. The van der Waals surface area contributed by atoms with Crippen molar-refractivity contribution in [2.24, 2.45) is 5.41 Å². The Bertz CT molecular complexity index is 1380. The monoisotopic (exact) mass is 636 g/mol. The van der Waals surface area contributed by atoms with Crippen LogP contribution in [0.3, 0.4) is 0 Å². The fourth-order valence-electron chi connectivity index (χ4n) is 6.58. The van der Waals surface area contributed by atoms with Crippen molar-refractivity contribution < 1.29 is 28.2 Å². The van der Waals surface area contributed by atoms with E-state index >= 15 is 4.39 Å². The van der Waals surface area contributed by atoms with Crippen LogP contribution in [0, 0.1) is 11.2 Å². The highest BCUT2D eigenvalue weighted by molar-refractivity contribution is 6.11. The number of halogens is 1. The number of nitrogens with one attached hydrogen (secondary N) is 3. The number of ether oxygens (including phenoxy) is 2. The molecule has 0 bridgehead atoms. The van der Waals surface area contributed by atoms with Crippen LogP contribution in [0.15, 0.2) is 48.5 Å². The van der Waals surface area contributed by atoms with Gasteiger partial charge in [0.1, 0.15) is 29.7 Å². The van der Waals surface area contributed by atoms with Crippen molar-refractivity contribution in [1.29, 1.82) is 0 Å². The van der Waals surface area contributed by atoms with Crippen LogP contribution in [-0.2, 0) is 20.9 Å². The number of carbonyl (C=O) groups is 3. The standard InChI is InChI=1S/C34H45FN6O5/c1-39-17-19-40(20-18-39)25-10-15-41(16-11-25)33(44)38-30-22-27(9-14-36-30)46-26-7-8-29(28(35)21-26)37-31(42)34(12-13-34)32(43)45-23-24-5-3-2-4-6-24/h2-8,21,25,27,30,36H,9-20,22-23H2,1H3,(H,37,42)(H,38,44). The van der Waals surface area contributed by atoms with Gasteiger partial charge in [-0.1, -0.05) is 30.3 Å². The maximum Gasteiger partial charge on any atom is 0.321 e. The second-order valence-electron chi connectivity index (χ2n) is 13.0. The summed E-state index contributed by atoms with van der Waals surface area (Å²) in [6, 6.07) is 14.0. The molecule has 12 heteroatoms. The summed E-state index contributed by atoms with van der Waals surface area (Å²) in [5, 5.41) is 9.03. The van der Waals surface area contributed by atoms with E-state index in [-0.39, 0.29) is 30.6 Å². The third kappa shape index (κ3) is 7.79. The molecule has 1 saturated carbocycles. The van der Waals surface area contributed by atoms with Gasteiger partial charge in [-0.05, 0) is 56.8 Å². The van der Waals surface area contributed by atoms with Crippen LogP contribution in [0.2, 0.25) is 0 Å². The number of urea groups is 1. The van der Waals surface area contributed by atoms with Gasteiger partial charge in [0, 0.05) is 64.3 Å². The number of amides is 3. The number of carbonyl (C=O) groups excluding carboxylic acids is 3. The van der Waals surface area contributed by atoms with Crippen molar-refractivity contribution in [1.82, 2.24) is 25.3 Å². The molecule has 0 spiro atoms. The maximum atomic E-state index is 15.1. The van der Waals surface area contributed by atoms with E-state index in [0.29, 0.717) is 44.0 Å². The molecule has 1 aliphatic carbocycles. The molecule has 4 fully saturated rings. The fraction of sp³-hybridized carbons (Fsp3) is 0.559. The summed E-state index contributed by atoms with van der Waals surface area (Å²) in [7, 11) is 2.16. The molecule has 3 N–H and O–H groups in total. The molecule has 2 aromatic rings. The lowest BCUT2D eigenvalue weighted by Gasteiger charge is -2.42. The van der Waals surface area contributed by atoms with Crippen LogP contribution in [0.25, 0.3) is 0 Å². The predicted molar refractivity (Wildman–Crippen MR) is 171 cm³/mol. The normalized spacial score (nSPS) is 23.7. The van der Waals surface area contributed by atoms with Gasteiger partial charge in [0.25, 0.3) is 0 Å². The molecule has 0 aromatic heterocycles. The zero-order chi connectivity index (χ0) is 32.1. The Morgan fingerprint density at radius 3 is 2.41 bits per heavy atom. The summed E-state index contributed by atoms with van der Waals surface area (Å²) in [4.78, 5) is 45.6. The molecule has 2 unspecified atom stereocenters. The summed E-state index contributed by atoms with van der Waals surface area (Å²) in [5.41, 5.74) is -0.481. The Morgan fingerprint density at radius 1 is 0.978 bits per heavy atom. The summed E-state index contributed by atoms with van der Waals surface area (Å²) in [5.74, 6) is -1.49.